The summed E-state index contributed by atoms with van der Waals surface area (Å²) in [5.41, 5.74) is 2.73. The number of rotatable bonds is 5. The molecule has 1 aliphatic rings. The predicted molar refractivity (Wildman–Crippen MR) is 81.3 cm³/mol. The van der Waals surface area contributed by atoms with Crippen LogP contribution in [0.15, 0.2) is 12.1 Å². The Balaban J connectivity index is 2.43. The number of benzene rings is 1. The van der Waals surface area contributed by atoms with Crippen LogP contribution in [0.3, 0.4) is 0 Å². The molecule has 2 rings (SSSR count). The Bertz CT molecular complexity index is 436. The SMILES string of the molecule is CCNC1c2cc(OC)c(OC)cc2CSC1CC. The maximum absolute atomic E-state index is 5.44. The summed E-state index contributed by atoms with van der Waals surface area (Å²) in [7, 11) is 3.39. The zero-order valence-corrected chi connectivity index (χ0v) is 13.0. The topological polar surface area (TPSA) is 30.5 Å². The molecule has 2 unspecified atom stereocenters. The second-order valence-electron chi connectivity index (χ2n) is 4.70. The monoisotopic (exact) mass is 281 g/mol. The lowest BCUT2D eigenvalue weighted by Crippen LogP contribution is -2.33. The lowest BCUT2D eigenvalue weighted by Gasteiger charge is -2.33. The van der Waals surface area contributed by atoms with Gasteiger partial charge in [-0.25, -0.2) is 0 Å². The Morgan fingerprint density at radius 2 is 1.89 bits per heavy atom. The van der Waals surface area contributed by atoms with E-state index in [0.717, 1.165) is 23.8 Å². The zero-order valence-electron chi connectivity index (χ0n) is 12.2. The molecule has 0 radical (unpaired) electrons. The summed E-state index contributed by atoms with van der Waals surface area (Å²) in [6.45, 7) is 5.40. The summed E-state index contributed by atoms with van der Waals surface area (Å²) in [5, 5.41) is 4.24. The molecule has 4 heteroatoms. The van der Waals surface area contributed by atoms with E-state index in [9.17, 15) is 0 Å². The van der Waals surface area contributed by atoms with Gasteiger partial charge in [-0.15, -0.1) is 0 Å². The molecule has 1 heterocycles. The molecule has 0 bridgehead atoms. The highest BCUT2D eigenvalue weighted by Crippen LogP contribution is 2.43. The fourth-order valence-electron chi connectivity index (χ4n) is 2.66. The van der Waals surface area contributed by atoms with Crippen LogP contribution in [0.25, 0.3) is 0 Å². The third-order valence-electron chi connectivity index (χ3n) is 3.63. The van der Waals surface area contributed by atoms with Gasteiger partial charge in [0.1, 0.15) is 0 Å². The van der Waals surface area contributed by atoms with Gasteiger partial charge >= 0.3 is 0 Å². The van der Waals surface area contributed by atoms with E-state index in [4.69, 9.17) is 9.47 Å². The highest BCUT2D eigenvalue weighted by molar-refractivity contribution is 7.99. The highest BCUT2D eigenvalue weighted by atomic mass is 32.2. The molecule has 0 aliphatic carbocycles. The lowest BCUT2D eigenvalue weighted by atomic mass is 9.95. The van der Waals surface area contributed by atoms with Gasteiger partial charge in [0.25, 0.3) is 0 Å². The smallest absolute Gasteiger partial charge is 0.161 e. The Kier molecular flexibility index (Phi) is 4.99. The minimum absolute atomic E-state index is 0.406. The molecule has 0 amide bonds. The number of fused-ring (bicyclic) bond motifs is 1. The molecule has 1 aliphatic heterocycles. The first-order chi connectivity index (χ1) is 9.24. The van der Waals surface area contributed by atoms with E-state index in [1.54, 1.807) is 14.2 Å². The summed E-state index contributed by atoms with van der Waals surface area (Å²) in [6.07, 6.45) is 1.18. The first-order valence-electron chi connectivity index (χ1n) is 6.84. The molecule has 0 saturated carbocycles. The minimum atomic E-state index is 0.406. The van der Waals surface area contributed by atoms with Gasteiger partial charge in [-0.1, -0.05) is 13.8 Å². The molecule has 3 nitrogen and oxygen atoms in total. The van der Waals surface area contributed by atoms with Crippen molar-refractivity contribution in [3.05, 3.63) is 23.3 Å². The van der Waals surface area contributed by atoms with Crippen molar-refractivity contribution in [1.82, 2.24) is 5.32 Å². The summed E-state index contributed by atoms with van der Waals surface area (Å²) in [4.78, 5) is 0. The van der Waals surface area contributed by atoms with E-state index in [1.807, 2.05) is 11.8 Å². The minimum Gasteiger partial charge on any atom is -0.493 e. The Labute approximate surface area is 120 Å². The van der Waals surface area contributed by atoms with Crippen molar-refractivity contribution < 1.29 is 9.47 Å². The molecule has 0 saturated heterocycles. The molecule has 1 aromatic rings. The molecule has 0 spiro atoms. The number of methoxy groups -OCH3 is 2. The van der Waals surface area contributed by atoms with Crippen molar-refractivity contribution in [2.24, 2.45) is 0 Å². The van der Waals surface area contributed by atoms with Crippen LogP contribution in [-0.4, -0.2) is 26.0 Å². The Hall–Kier alpha value is -0.870. The van der Waals surface area contributed by atoms with Crippen molar-refractivity contribution in [3.63, 3.8) is 0 Å². The fraction of sp³-hybridized carbons (Fsp3) is 0.600. The summed E-state index contributed by atoms with van der Waals surface area (Å²) >= 11 is 2.03. The standard InChI is InChI=1S/C15H23NO2S/c1-5-14-15(16-6-2)11-8-13(18-4)12(17-3)7-10(11)9-19-14/h7-8,14-16H,5-6,9H2,1-4H3. The Morgan fingerprint density at radius 3 is 2.47 bits per heavy atom. The van der Waals surface area contributed by atoms with Crippen molar-refractivity contribution in [1.29, 1.82) is 0 Å². The average molecular weight is 281 g/mol. The van der Waals surface area contributed by atoms with E-state index in [1.165, 1.54) is 17.5 Å². The van der Waals surface area contributed by atoms with Crippen LogP contribution in [0.1, 0.15) is 37.4 Å². The molecular formula is C15H23NO2S. The van der Waals surface area contributed by atoms with Gasteiger partial charge in [0.2, 0.25) is 0 Å². The third kappa shape index (κ3) is 2.84. The largest absolute Gasteiger partial charge is 0.493 e. The molecule has 2 atom stereocenters. The van der Waals surface area contributed by atoms with Crippen LogP contribution in [0.4, 0.5) is 0 Å². The second kappa shape index (κ2) is 6.53. The quantitative estimate of drug-likeness (QED) is 0.896. The maximum atomic E-state index is 5.44. The van der Waals surface area contributed by atoms with Crippen molar-refractivity contribution in [2.75, 3.05) is 20.8 Å². The molecule has 0 aromatic heterocycles. The van der Waals surface area contributed by atoms with Crippen molar-refractivity contribution >= 4 is 11.8 Å². The highest BCUT2D eigenvalue weighted by Gasteiger charge is 2.29. The van der Waals surface area contributed by atoms with E-state index >= 15 is 0 Å². The van der Waals surface area contributed by atoms with Crippen molar-refractivity contribution in [3.8, 4) is 11.5 Å². The van der Waals surface area contributed by atoms with Crippen LogP contribution in [-0.2, 0) is 5.75 Å². The van der Waals surface area contributed by atoms with Crippen LogP contribution in [0, 0.1) is 0 Å². The van der Waals surface area contributed by atoms with Crippen LogP contribution >= 0.6 is 11.8 Å². The lowest BCUT2D eigenvalue weighted by molar-refractivity contribution is 0.353. The molecule has 1 aromatic carbocycles. The van der Waals surface area contributed by atoms with Gasteiger partial charge in [0, 0.05) is 17.0 Å². The van der Waals surface area contributed by atoms with Crippen LogP contribution in [0.5, 0.6) is 11.5 Å². The van der Waals surface area contributed by atoms with E-state index < -0.39 is 0 Å². The predicted octanol–water partition coefficient (Wildman–Crippen LogP) is 3.38. The van der Waals surface area contributed by atoms with E-state index in [0.29, 0.717) is 11.3 Å². The maximum Gasteiger partial charge on any atom is 0.161 e. The van der Waals surface area contributed by atoms with Gasteiger partial charge in [0.05, 0.1) is 14.2 Å². The number of nitrogens with one attached hydrogen (secondary N) is 1. The zero-order chi connectivity index (χ0) is 13.8. The summed E-state index contributed by atoms with van der Waals surface area (Å²) < 4.78 is 10.8. The molecule has 1 N–H and O–H groups in total. The van der Waals surface area contributed by atoms with Crippen LogP contribution in [0.2, 0.25) is 0 Å². The first kappa shape index (κ1) is 14.5. The first-order valence-corrected chi connectivity index (χ1v) is 7.89. The molecule has 0 fully saturated rings. The molecule has 19 heavy (non-hydrogen) atoms. The van der Waals surface area contributed by atoms with Gasteiger partial charge in [-0.2, -0.15) is 11.8 Å². The molecule has 106 valence electrons. The summed E-state index contributed by atoms with van der Waals surface area (Å²) in [6, 6.07) is 4.67. The number of ether oxygens (including phenoxy) is 2. The Morgan fingerprint density at radius 1 is 1.21 bits per heavy atom. The number of hydrogen-bond donors (Lipinski definition) is 1. The fourth-order valence-corrected chi connectivity index (χ4v) is 3.97. The number of hydrogen-bond acceptors (Lipinski definition) is 4. The third-order valence-corrected chi connectivity index (χ3v) is 5.14. The second-order valence-corrected chi connectivity index (χ2v) is 5.93. The van der Waals surface area contributed by atoms with Gasteiger partial charge in [-0.3, -0.25) is 0 Å². The normalized spacial score (nSPS) is 21.9. The van der Waals surface area contributed by atoms with E-state index in [2.05, 4.69) is 31.3 Å². The number of thioether (sulfide) groups is 1. The molecular weight excluding hydrogens is 258 g/mol. The van der Waals surface area contributed by atoms with Crippen LogP contribution < -0.4 is 14.8 Å². The van der Waals surface area contributed by atoms with Crippen molar-refractivity contribution in [2.45, 2.75) is 37.3 Å². The van der Waals surface area contributed by atoms with Gasteiger partial charge < -0.3 is 14.8 Å². The van der Waals surface area contributed by atoms with E-state index in [-0.39, 0.29) is 0 Å². The van der Waals surface area contributed by atoms with Gasteiger partial charge in [0.15, 0.2) is 11.5 Å². The summed E-state index contributed by atoms with van der Waals surface area (Å²) in [5.74, 6) is 2.70. The average Bonchev–Trinajstić information content (AvgIpc) is 2.46. The van der Waals surface area contributed by atoms with Gasteiger partial charge in [-0.05, 0) is 36.2 Å².